The van der Waals surface area contributed by atoms with Crippen molar-refractivity contribution >= 4 is 5.52 Å². The molecule has 0 radical (unpaired) electrons. The number of hydrogen-bond acceptors (Lipinski definition) is 7. The Balaban J connectivity index is 1.75. The normalized spacial score (nSPS) is 12.5. The number of nitroso groups, excluding NO2 is 1. The van der Waals surface area contributed by atoms with Crippen molar-refractivity contribution < 1.29 is 5.11 Å². The predicted molar refractivity (Wildman–Crippen MR) is 88.5 cm³/mol. The van der Waals surface area contributed by atoms with E-state index in [0.717, 1.165) is 22.3 Å². The number of hydrogen-bond donors (Lipinski definition) is 2. The van der Waals surface area contributed by atoms with Gasteiger partial charge in [-0.3, -0.25) is 9.78 Å². The fourth-order valence-corrected chi connectivity index (χ4v) is 2.59. The molecule has 25 heavy (non-hydrogen) atoms. The largest absolute Gasteiger partial charge is 0.394 e. The van der Waals surface area contributed by atoms with E-state index >= 15 is 0 Å². The molecule has 0 saturated carbocycles. The van der Waals surface area contributed by atoms with Crippen molar-refractivity contribution in [3.8, 4) is 22.5 Å². The number of aromatic amines is 1. The summed E-state index contributed by atoms with van der Waals surface area (Å²) in [5.41, 5.74) is 3.91. The SMILES string of the molecule is O=NC(CO)Cn1cc(-c2cn3nccc3c(-c3cn[nH]c3)n2)cn1. The molecule has 1 unspecified atom stereocenters. The Hall–Kier alpha value is -3.40. The summed E-state index contributed by atoms with van der Waals surface area (Å²) in [5, 5.41) is 27.2. The van der Waals surface area contributed by atoms with Crippen LogP contribution in [0.15, 0.2) is 48.4 Å². The summed E-state index contributed by atoms with van der Waals surface area (Å²) >= 11 is 0. The zero-order valence-corrected chi connectivity index (χ0v) is 13.0. The fraction of sp³-hybridized carbons (Fsp3) is 0.200. The van der Waals surface area contributed by atoms with Gasteiger partial charge in [0.05, 0.1) is 54.8 Å². The van der Waals surface area contributed by atoms with Crippen LogP contribution in [0, 0.1) is 4.91 Å². The van der Waals surface area contributed by atoms with Gasteiger partial charge in [0.2, 0.25) is 0 Å². The second-order valence-corrected chi connectivity index (χ2v) is 5.52. The van der Waals surface area contributed by atoms with Gasteiger partial charge in [0, 0.05) is 23.5 Å². The first-order valence-electron chi connectivity index (χ1n) is 7.58. The minimum atomic E-state index is -0.726. The van der Waals surface area contributed by atoms with Gasteiger partial charge in [-0.05, 0) is 6.07 Å². The standard InChI is InChI=1S/C15H14N8O2/c24-9-12(21-25)7-22-6-11(5-19-22)13-8-23-14(1-2-18-23)15(20-13)10-3-16-17-4-10/h1-6,8,12,24H,7,9H2,(H,16,17). The first kappa shape index (κ1) is 15.1. The lowest BCUT2D eigenvalue weighted by Gasteiger charge is -2.06. The molecule has 2 N–H and O–H groups in total. The van der Waals surface area contributed by atoms with Crippen molar-refractivity contribution in [1.82, 2.24) is 34.6 Å². The number of aromatic nitrogens is 7. The molecule has 10 nitrogen and oxygen atoms in total. The summed E-state index contributed by atoms with van der Waals surface area (Å²) in [6.45, 7) is -0.112. The highest BCUT2D eigenvalue weighted by Crippen LogP contribution is 2.25. The zero-order valence-electron chi connectivity index (χ0n) is 13.0. The highest BCUT2D eigenvalue weighted by molar-refractivity contribution is 5.78. The Kier molecular flexibility index (Phi) is 3.78. The van der Waals surface area contributed by atoms with Crippen LogP contribution in [0.5, 0.6) is 0 Å². The van der Waals surface area contributed by atoms with E-state index in [1.54, 1.807) is 40.2 Å². The van der Waals surface area contributed by atoms with Gasteiger partial charge in [-0.25, -0.2) is 9.50 Å². The summed E-state index contributed by atoms with van der Waals surface area (Å²) in [5.74, 6) is 0. The Morgan fingerprint density at radius 3 is 2.92 bits per heavy atom. The minimum absolute atomic E-state index is 0.207. The molecule has 0 fully saturated rings. The maximum Gasteiger partial charge on any atom is 0.134 e. The molecule has 0 aromatic carbocycles. The van der Waals surface area contributed by atoms with Crippen LogP contribution in [0.4, 0.5) is 0 Å². The van der Waals surface area contributed by atoms with Crippen molar-refractivity contribution in [3.63, 3.8) is 0 Å². The first-order valence-corrected chi connectivity index (χ1v) is 7.58. The van der Waals surface area contributed by atoms with E-state index in [4.69, 9.17) is 10.1 Å². The van der Waals surface area contributed by atoms with Crippen LogP contribution < -0.4 is 0 Å². The van der Waals surface area contributed by atoms with E-state index in [9.17, 15) is 4.91 Å². The van der Waals surface area contributed by atoms with Gasteiger partial charge in [0.25, 0.3) is 0 Å². The van der Waals surface area contributed by atoms with Crippen LogP contribution in [0.1, 0.15) is 0 Å². The maximum absolute atomic E-state index is 10.6. The van der Waals surface area contributed by atoms with Gasteiger partial charge >= 0.3 is 0 Å². The summed E-state index contributed by atoms with van der Waals surface area (Å²) < 4.78 is 3.30. The molecule has 1 atom stereocenters. The highest BCUT2D eigenvalue weighted by Gasteiger charge is 2.14. The second-order valence-electron chi connectivity index (χ2n) is 5.52. The van der Waals surface area contributed by atoms with Crippen LogP contribution in [-0.4, -0.2) is 52.3 Å². The third kappa shape index (κ3) is 2.78. The van der Waals surface area contributed by atoms with E-state index < -0.39 is 6.04 Å². The van der Waals surface area contributed by atoms with Gasteiger partial charge in [-0.2, -0.15) is 20.2 Å². The molecule has 4 rings (SSSR count). The monoisotopic (exact) mass is 338 g/mol. The number of fused-ring (bicyclic) bond motifs is 1. The lowest BCUT2D eigenvalue weighted by atomic mass is 10.2. The van der Waals surface area contributed by atoms with Crippen molar-refractivity contribution in [2.24, 2.45) is 5.18 Å². The predicted octanol–water partition coefficient (Wildman–Crippen LogP) is 1.11. The van der Waals surface area contributed by atoms with Gasteiger partial charge in [-0.1, -0.05) is 5.18 Å². The Labute approximate surface area is 141 Å². The molecule has 4 heterocycles. The minimum Gasteiger partial charge on any atom is -0.394 e. The number of nitrogens with one attached hydrogen (secondary N) is 1. The van der Waals surface area contributed by atoms with Gasteiger partial charge in [0.15, 0.2) is 0 Å². The molecule has 0 amide bonds. The van der Waals surface area contributed by atoms with Gasteiger partial charge < -0.3 is 5.11 Å². The molecular weight excluding hydrogens is 324 g/mol. The molecule has 0 bridgehead atoms. The van der Waals surface area contributed by atoms with E-state index in [2.05, 4.69) is 25.6 Å². The number of H-pyrrole nitrogens is 1. The van der Waals surface area contributed by atoms with Gasteiger partial charge in [-0.15, -0.1) is 0 Å². The zero-order chi connectivity index (χ0) is 17.2. The van der Waals surface area contributed by atoms with E-state index in [0.29, 0.717) is 5.69 Å². The highest BCUT2D eigenvalue weighted by atomic mass is 16.3. The van der Waals surface area contributed by atoms with Crippen molar-refractivity contribution in [1.29, 1.82) is 0 Å². The number of nitrogens with zero attached hydrogens (tertiary/aromatic N) is 7. The maximum atomic E-state index is 10.6. The third-order valence-electron chi connectivity index (χ3n) is 3.85. The second kappa shape index (κ2) is 6.24. The molecule has 0 aliphatic rings. The van der Waals surface area contributed by atoms with Crippen molar-refractivity contribution in [2.75, 3.05) is 6.61 Å². The molecule has 0 aliphatic carbocycles. The average molecular weight is 338 g/mol. The molecular formula is C15H14N8O2. The summed E-state index contributed by atoms with van der Waals surface area (Å²) in [4.78, 5) is 15.3. The Bertz CT molecular complexity index is 1000. The molecule has 0 spiro atoms. The molecule has 10 heteroatoms. The third-order valence-corrected chi connectivity index (χ3v) is 3.85. The Morgan fingerprint density at radius 2 is 2.16 bits per heavy atom. The van der Waals surface area contributed by atoms with E-state index in [1.165, 1.54) is 0 Å². The summed E-state index contributed by atoms with van der Waals surface area (Å²) in [6, 6.07) is 1.15. The van der Waals surface area contributed by atoms with Crippen LogP contribution in [0.2, 0.25) is 0 Å². The topological polar surface area (TPSA) is 126 Å². The van der Waals surface area contributed by atoms with Crippen LogP contribution in [-0.2, 0) is 6.54 Å². The van der Waals surface area contributed by atoms with Crippen LogP contribution >= 0.6 is 0 Å². The molecule has 0 aliphatic heterocycles. The molecule has 4 aromatic rings. The van der Waals surface area contributed by atoms with Crippen molar-refractivity contribution in [3.05, 3.63) is 48.2 Å². The number of rotatable bonds is 6. The number of aliphatic hydroxyl groups excluding tert-OH is 1. The molecule has 4 aromatic heterocycles. The quantitative estimate of drug-likeness (QED) is 0.507. The van der Waals surface area contributed by atoms with Crippen LogP contribution in [0.25, 0.3) is 28.0 Å². The van der Waals surface area contributed by atoms with E-state index in [1.807, 2.05) is 12.3 Å². The Morgan fingerprint density at radius 1 is 1.24 bits per heavy atom. The summed E-state index contributed by atoms with van der Waals surface area (Å²) in [6.07, 6.45) is 10.4. The smallest absolute Gasteiger partial charge is 0.134 e. The fourth-order valence-electron chi connectivity index (χ4n) is 2.59. The van der Waals surface area contributed by atoms with Gasteiger partial charge in [0.1, 0.15) is 6.04 Å². The molecule has 0 saturated heterocycles. The lowest BCUT2D eigenvalue weighted by Crippen LogP contribution is -2.18. The van der Waals surface area contributed by atoms with E-state index in [-0.39, 0.29) is 13.2 Å². The van der Waals surface area contributed by atoms with Crippen molar-refractivity contribution in [2.45, 2.75) is 12.6 Å². The molecule has 126 valence electrons. The first-order chi connectivity index (χ1) is 12.3. The number of aliphatic hydroxyl groups is 1. The van der Waals surface area contributed by atoms with Crippen LogP contribution in [0.3, 0.4) is 0 Å². The average Bonchev–Trinajstić information content (AvgIpc) is 3.39. The summed E-state index contributed by atoms with van der Waals surface area (Å²) in [7, 11) is 0. The lowest BCUT2D eigenvalue weighted by molar-refractivity contribution is 0.251.